The van der Waals surface area contributed by atoms with Crippen LogP contribution in [0.5, 0.6) is 0 Å². The molecule has 0 unspecified atom stereocenters. The first kappa shape index (κ1) is 15.2. The van der Waals surface area contributed by atoms with Crippen LogP contribution in [0.25, 0.3) is 0 Å². The van der Waals surface area contributed by atoms with Gasteiger partial charge >= 0.3 is 6.09 Å². The quantitative estimate of drug-likeness (QED) is 0.477. The number of nitrogens with zero attached hydrogens (tertiary/aromatic N) is 1. The standard InChI is InChI=1S/C9H16F2N2O2S/c1-9(2,3)6(5-16-7(10)11)13-15-8(14)12-4/h7H,5H2,1-4H3,(H,12,14). The molecule has 0 aliphatic carbocycles. The minimum absolute atomic E-state index is 0.0260. The number of alkyl halides is 2. The van der Waals surface area contributed by atoms with E-state index in [0.29, 0.717) is 17.5 Å². The van der Waals surface area contributed by atoms with Crippen LogP contribution < -0.4 is 5.32 Å². The van der Waals surface area contributed by atoms with Crippen LogP contribution in [0.15, 0.2) is 5.16 Å². The van der Waals surface area contributed by atoms with E-state index in [9.17, 15) is 13.6 Å². The lowest BCUT2D eigenvalue weighted by Gasteiger charge is -2.20. The van der Waals surface area contributed by atoms with Crippen LogP contribution in [-0.2, 0) is 4.84 Å². The van der Waals surface area contributed by atoms with Gasteiger partial charge in [0.25, 0.3) is 5.76 Å². The Morgan fingerprint density at radius 2 is 2.06 bits per heavy atom. The Kier molecular flexibility index (Phi) is 6.32. The predicted molar refractivity (Wildman–Crippen MR) is 60.9 cm³/mol. The first-order valence-corrected chi connectivity index (χ1v) is 5.68. The van der Waals surface area contributed by atoms with Gasteiger partial charge in [-0.05, 0) is 0 Å². The zero-order valence-electron chi connectivity index (χ0n) is 9.71. The molecule has 0 aromatic rings. The number of hydrogen-bond acceptors (Lipinski definition) is 4. The Labute approximate surface area is 97.8 Å². The van der Waals surface area contributed by atoms with Crippen LogP contribution in [-0.4, -0.2) is 30.4 Å². The number of carbonyl (C=O) groups excluding carboxylic acids is 1. The summed E-state index contributed by atoms with van der Waals surface area (Å²) in [5.74, 6) is -2.44. The third-order valence-corrected chi connectivity index (χ3v) is 2.35. The molecule has 0 aromatic carbocycles. The second-order valence-corrected chi connectivity index (χ2v) is 4.97. The van der Waals surface area contributed by atoms with Gasteiger partial charge in [-0.15, -0.1) is 0 Å². The molecular weight excluding hydrogens is 238 g/mol. The number of oxime groups is 1. The first-order valence-electron chi connectivity index (χ1n) is 4.63. The monoisotopic (exact) mass is 254 g/mol. The number of rotatable bonds is 4. The van der Waals surface area contributed by atoms with Crippen LogP contribution >= 0.6 is 11.8 Å². The molecule has 94 valence electrons. The van der Waals surface area contributed by atoms with Gasteiger partial charge in [0.2, 0.25) is 0 Å². The zero-order valence-corrected chi connectivity index (χ0v) is 10.5. The first-order chi connectivity index (χ1) is 7.27. The fraction of sp³-hybridized carbons (Fsp3) is 0.778. The lowest BCUT2D eigenvalue weighted by atomic mass is 9.91. The molecule has 0 saturated heterocycles. The predicted octanol–water partition coefficient (Wildman–Crippen LogP) is 2.70. The average Bonchev–Trinajstić information content (AvgIpc) is 2.14. The second-order valence-electron chi connectivity index (χ2n) is 3.99. The van der Waals surface area contributed by atoms with E-state index < -0.39 is 17.3 Å². The molecule has 0 aliphatic heterocycles. The highest BCUT2D eigenvalue weighted by atomic mass is 32.2. The number of carbonyl (C=O) groups is 1. The van der Waals surface area contributed by atoms with Crippen LogP contribution in [0.1, 0.15) is 20.8 Å². The van der Waals surface area contributed by atoms with Crippen molar-refractivity contribution in [1.29, 1.82) is 0 Å². The number of halogens is 2. The van der Waals surface area contributed by atoms with Gasteiger partial charge in [0.1, 0.15) is 0 Å². The Bertz CT molecular complexity index is 265. The number of nitrogens with one attached hydrogen (secondary N) is 1. The maximum Gasteiger partial charge on any atom is 0.433 e. The van der Waals surface area contributed by atoms with Crippen molar-refractivity contribution in [3.05, 3.63) is 0 Å². The Morgan fingerprint density at radius 1 is 1.50 bits per heavy atom. The highest BCUT2D eigenvalue weighted by molar-refractivity contribution is 8.00. The largest absolute Gasteiger partial charge is 0.433 e. The fourth-order valence-corrected chi connectivity index (χ4v) is 1.43. The summed E-state index contributed by atoms with van der Waals surface area (Å²) < 4.78 is 24.1. The summed E-state index contributed by atoms with van der Waals surface area (Å²) in [4.78, 5) is 15.3. The van der Waals surface area contributed by atoms with Crippen LogP contribution in [0.2, 0.25) is 0 Å². The molecule has 0 aliphatic rings. The van der Waals surface area contributed by atoms with Gasteiger partial charge in [-0.1, -0.05) is 37.7 Å². The Hall–Kier alpha value is -0.850. The van der Waals surface area contributed by atoms with Crippen molar-refractivity contribution in [3.63, 3.8) is 0 Å². The topological polar surface area (TPSA) is 50.7 Å². The molecule has 0 fully saturated rings. The maximum atomic E-state index is 12.0. The maximum absolute atomic E-state index is 12.0. The van der Waals surface area contributed by atoms with E-state index in [2.05, 4.69) is 15.3 Å². The van der Waals surface area contributed by atoms with Gasteiger partial charge in [0.15, 0.2) is 0 Å². The summed E-state index contributed by atoms with van der Waals surface area (Å²) in [6, 6.07) is 0. The zero-order chi connectivity index (χ0) is 12.8. The summed E-state index contributed by atoms with van der Waals surface area (Å²) >= 11 is 0.450. The van der Waals surface area contributed by atoms with Crippen molar-refractivity contribution >= 4 is 23.6 Å². The van der Waals surface area contributed by atoms with Gasteiger partial charge in [0, 0.05) is 18.2 Å². The van der Waals surface area contributed by atoms with E-state index in [-0.39, 0.29) is 5.75 Å². The normalized spacial score (nSPS) is 12.8. The lowest BCUT2D eigenvalue weighted by molar-refractivity contribution is 0.152. The van der Waals surface area contributed by atoms with Gasteiger partial charge in [-0.2, -0.15) is 8.78 Å². The molecule has 0 atom stereocenters. The minimum atomic E-state index is -2.47. The van der Waals surface area contributed by atoms with E-state index in [4.69, 9.17) is 0 Å². The molecule has 0 radical (unpaired) electrons. The van der Waals surface area contributed by atoms with Crippen LogP contribution in [0, 0.1) is 5.41 Å². The van der Waals surface area contributed by atoms with Crippen molar-refractivity contribution in [2.24, 2.45) is 10.6 Å². The SMILES string of the molecule is CNC(=O)ON=C(CSC(F)F)C(C)(C)C. The van der Waals surface area contributed by atoms with E-state index in [1.54, 1.807) is 0 Å². The summed E-state index contributed by atoms with van der Waals surface area (Å²) in [5.41, 5.74) is -0.0166. The molecule has 1 N–H and O–H groups in total. The third-order valence-electron chi connectivity index (χ3n) is 1.65. The molecular formula is C9H16F2N2O2S. The van der Waals surface area contributed by atoms with Gasteiger partial charge in [0.05, 0.1) is 5.71 Å². The molecule has 0 bridgehead atoms. The molecule has 0 aromatic heterocycles. The molecule has 0 rings (SSSR count). The molecule has 0 spiro atoms. The van der Waals surface area contributed by atoms with Crippen molar-refractivity contribution in [1.82, 2.24) is 5.32 Å². The molecule has 1 amide bonds. The van der Waals surface area contributed by atoms with Crippen molar-refractivity contribution in [3.8, 4) is 0 Å². The third kappa shape index (κ3) is 6.60. The summed E-state index contributed by atoms with van der Waals surface area (Å²) in [6.07, 6.45) is -0.719. The Morgan fingerprint density at radius 3 is 2.44 bits per heavy atom. The van der Waals surface area contributed by atoms with Crippen molar-refractivity contribution < 1.29 is 18.4 Å². The summed E-state index contributed by atoms with van der Waals surface area (Å²) in [7, 11) is 1.39. The fourth-order valence-electron chi connectivity index (χ4n) is 0.664. The van der Waals surface area contributed by atoms with Crippen LogP contribution in [0.3, 0.4) is 0 Å². The average molecular weight is 254 g/mol. The highest BCUT2D eigenvalue weighted by Crippen LogP contribution is 2.22. The van der Waals surface area contributed by atoms with Gasteiger partial charge in [-0.3, -0.25) is 4.84 Å². The highest BCUT2D eigenvalue weighted by Gasteiger charge is 2.22. The Balaban J connectivity index is 4.49. The van der Waals surface area contributed by atoms with E-state index in [1.807, 2.05) is 20.8 Å². The van der Waals surface area contributed by atoms with Crippen LogP contribution in [0.4, 0.5) is 13.6 Å². The lowest BCUT2D eigenvalue weighted by Crippen LogP contribution is -2.25. The number of thioether (sulfide) groups is 1. The second kappa shape index (κ2) is 6.67. The van der Waals surface area contributed by atoms with Crippen molar-refractivity contribution in [2.75, 3.05) is 12.8 Å². The van der Waals surface area contributed by atoms with E-state index in [1.165, 1.54) is 7.05 Å². The van der Waals surface area contributed by atoms with Gasteiger partial charge in [-0.25, -0.2) is 4.79 Å². The summed E-state index contributed by atoms with van der Waals surface area (Å²) in [5, 5.41) is 5.80. The number of amides is 1. The van der Waals surface area contributed by atoms with E-state index in [0.717, 1.165) is 0 Å². The molecule has 4 nitrogen and oxygen atoms in total. The van der Waals surface area contributed by atoms with E-state index >= 15 is 0 Å². The molecule has 0 heterocycles. The minimum Gasteiger partial charge on any atom is -0.323 e. The smallest absolute Gasteiger partial charge is 0.323 e. The van der Waals surface area contributed by atoms with Gasteiger partial charge < -0.3 is 5.32 Å². The number of hydrogen-bond donors (Lipinski definition) is 1. The summed E-state index contributed by atoms with van der Waals surface area (Å²) in [6.45, 7) is 5.43. The molecule has 7 heteroatoms. The molecule has 16 heavy (non-hydrogen) atoms. The van der Waals surface area contributed by atoms with Crippen molar-refractivity contribution in [2.45, 2.75) is 26.5 Å². The molecule has 0 saturated carbocycles.